The van der Waals surface area contributed by atoms with Crippen molar-refractivity contribution in [3.05, 3.63) is 41.6 Å². The van der Waals surface area contributed by atoms with Crippen LogP contribution in [0.5, 0.6) is 17.4 Å². The molecule has 88 valence electrons. The second-order valence-corrected chi connectivity index (χ2v) is 3.76. The average Bonchev–Trinajstić information content (AvgIpc) is 2.35. The van der Waals surface area contributed by atoms with Gasteiger partial charge in [0.15, 0.2) is 5.75 Å². The Morgan fingerprint density at radius 3 is 2.71 bits per heavy atom. The van der Waals surface area contributed by atoms with Crippen LogP contribution in [0.2, 0.25) is 5.02 Å². The molecule has 4 nitrogen and oxygen atoms in total. The maximum absolute atomic E-state index is 5.85. The molecule has 2 N–H and O–H groups in total. The third-order valence-corrected chi connectivity index (χ3v) is 2.37. The third-order valence-electron chi connectivity index (χ3n) is 2.14. The molecule has 0 aliphatic carbocycles. The van der Waals surface area contributed by atoms with Crippen LogP contribution in [0.1, 0.15) is 0 Å². The molecular weight excluding hydrogens is 240 g/mol. The van der Waals surface area contributed by atoms with Crippen molar-refractivity contribution >= 4 is 17.3 Å². The fraction of sp³-hybridized carbons (Fsp3) is 0.0833. The Morgan fingerprint density at radius 2 is 2.06 bits per heavy atom. The molecule has 0 atom stereocenters. The standard InChI is InChI=1S/C12H11ClN2O2/c1-16-9-3-5-12(15-7-9)17-11-6-8(13)2-4-10(11)14/h2-7H,14H2,1H3. The zero-order chi connectivity index (χ0) is 12.3. The molecule has 0 aliphatic rings. The molecule has 0 saturated heterocycles. The summed E-state index contributed by atoms with van der Waals surface area (Å²) in [5, 5.41) is 0.558. The lowest BCUT2D eigenvalue weighted by Gasteiger charge is -2.08. The van der Waals surface area contributed by atoms with Crippen LogP contribution in [0, 0.1) is 0 Å². The predicted molar refractivity (Wildman–Crippen MR) is 66.7 cm³/mol. The zero-order valence-electron chi connectivity index (χ0n) is 9.18. The van der Waals surface area contributed by atoms with Gasteiger partial charge in [0.2, 0.25) is 5.88 Å². The Balaban J connectivity index is 2.22. The van der Waals surface area contributed by atoms with Gasteiger partial charge in [-0.25, -0.2) is 4.98 Å². The number of rotatable bonds is 3. The first kappa shape index (κ1) is 11.5. The largest absolute Gasteiger partial charge is 0.495 e. The van der Waals surface area contributed by atoms with Crippen LogP contribution in [-0.2, 0) is 0 Å². The second kappa shape index (κ2) is 4.93. The van der Waals surface area contributed by atoms with E-state index in [1.807, 2.05) is 0 Å². The molecule has 0 saturated carbocycles. The number of benzene rings is 1. The maximum Gasteiger partial charge on any atom is 0.219 e. The molecule has 0 unspecified atom stereocenters. The first-order chi connectivity index (χ1) is 8.19. The van der Waals surface area contributed by atoms with Crippen LogP contribution >= 0.6 is 11.6 Å². The van der Waals surface area contributed by atoms with Crippen LogP contribution in [0.25, 0.3) is 0 Å². The molecule has 1 aromatic carbocycles. The van der Waals surface area contributed by atoms with Crippen molar-refractivity contribution in [2.75, 3.05) is 12.8 Å². The quantitative estimate of drug-likeness (QED) is 0.851. The smallest absolute Gasteiger partial charge is 0.219 e. The van der Waals surface area contributed by atoms with Gasteiger partial charge in [0, 0.05) is 17.2 Å². The van der Waals surface area contributed by atoms with E-state index in [-0.39, 0.29) is 0 Å². The number of anilines is 1. The van der Waals surface area contributed by atoms with Crippen molar-refractivity contribution in [3.63, 3.8) is 0 Å². The SMILES string of the molecule is COc1ccc(Oc2cc(Cl)ccc2N)nc1. The number of halogens is 1. The van der Waals surface area contributed by atoms with Gasteiger partial charge in [-0.05, 0) is 18.2 Å². The number of hydrogen-bond acceptors (Lipinski definition) is 4. The lowest BCUT2D eigenvalue weighted by Crippen LogP contribution is -1.93. The number of nitrogen functional groups attached to an aromatic ring is 1. The van der Waals surface area contributed by atoms with Gasteiger partial charge in [-0.3, -0.25) is 0 Å². The summed E-state index contributed by atoms with van der Waals surface area (Å²) in [7, 11) is 1.58. The highest BCUT2D eigenvalue weighted by molar-refractivity contribution is 6.30. The number of aromatic nitrogens is 1. The zero-order valence-corrected chi connectivity index (χ0v) is 9.94. The van der Waals surface area contributed by atoms with Gasteiger partial charge in [-0.15, -0.1) is 0 Å². The topological polar surface area (TPSA) is 57.4 Å². The lowest BCUT2D eigenvalue weighted by molar-refractivity contribution is 0.408. The maximum atomic E-state index is 5.85. The van der Waals surface area contributed by atoms with Gasteiger partial charge in [0.25, 0.3) is 0 Å². The number of nitrogens with two attached hydrogens (primary N) is 1. The van der Waals surface area contributed by atoms with Gasteiger partial charge in [-0.1, -0.05) is 11.6 Å². The minimum Gasteiger partial charge on any atom is -0.495 e. The fourth-order valence-electron chi connectivity index (χ4n) is 1.26. The molecule has 2 aromatic rings. The third kappa shape index (κ3) is 2.79. The van der Waals surface area contributed by atoms with E-state index in [4.69, 9.17) is 26.8 Å². The monoisotopic (exact) mass is 250 g/mol. The summed E-state index contributed by atoms with van der Waals surface area (Å²) >= 11 is 5.85. The summed E-state index contributed by atoms with van der Waals surface area (Å²) in [6.45, 7) is 0. The van der Waals surface area contributed by atoms with Crippen LogP contribution in [0.15, 0.2) is 36.5 Å². The summed E-state index contributed by atoms with van der Waals surface area (Å²) in [4.78, 5) is 4.07. The summed E-state index contributed by atoms with van der Waals surface area (Å²) in [5.41, 5.74) is 6.26. The highest BCUT2D eigenvalue weighted by Crippen LogP contribution is 2.29. The molecule has 0 bridgehead atoms. The molecule has 0 spiro atoms. The van der Waals surface area contributed by atoms with Gasteiger partial charge in [0.1, 0.15) is 5.75 Å². The Hall–Kier alpha value is -1.94. The number of nitrogens with zero attached hydrogens (tertiary/aromatic N) is 1. The highest BCUT2D eigenvalue weighted by Gasteiger charge is 2.04. The number of ether oxygens (including phenoxy) is 2. The molecule has 0 fully saturated rings. The van der Waals surface area contributed by atoms with Gasteiger partial charge in [-0.2, -0.15) is 0 Å². The van der Waals surface area contributed by atoms with Crippen molar-refractivity contribution < 1.29 is 9.47 Å². The first-order valence-corrected chi connectivity index (χ1v) is 5.30. The molecule has 1 heterocycles. The molecule has 1 aromatic heterocycles. The highest BCUT2D eigenvalue weighted by atomic mass is 35.5. The molecule has 0 aliphatic heterocycles. The van der Waals surface area contributed by atoms with E-state index in [9.17, 15) is 0 Å². The minimum atomic E-state index is 0.430. The lowest BCUT2D eigenvalue weighted by atomic mass is 10.3. The normalized spacial score (nSPS) is 10.0. The summed E-state index contributed by atoms with van der Waals surface area (Å²) in [6, 6.07) is 8.47. The van der Waals surface area contributed by atoms with E-state index in [0.29, 0.717) is 28.1 Å². The van der Waals surface area contributed by atoms with E-state index < -0.39 is 0 Å². The van der Waals surface area contributed by atoms with E-state index >= 15 is 0 Å². The van der Waals surface area contributed by atoms with E-state index in [1.165, 1.54) is 0 Å². The number of methoxy groups -OCH3 is 1. The Kier molecular flexibility index (Phi) is 3.35. The van der Waals surface area contributed by atoms with Crippen molar-refractivity contribution in [2.45, 2.75) is 0 Å². The van der Waals surface area contributed by atoms with Crippen molar-refractivity contribution in [1.29, 1.82) is 0 Å². The summed E-state index contributed by atoms with van der Waals surface area (Å²) < 4.78 is 10.5. The molecular formula is C12H11ClN2O2. The van der Waals surface area contributed by atoms with Crippen molar-refractivity contribution in [2.24, 2.45) is 0 Å². The van der Waals surface area contributed by atoms with E-state index in [2.05, 4.69) is 4.98 Å². The second-order valence-electron chi connectivity index (χ2n) is 3.32. The molecule has 5 heteroatoms. The van der Waals surface area contributed by atoms with Gasteiger partial charge >= 0.3 is 0 Å². The first-order valence-electron chi connectivity index (χ1n) is 4.92. The molecule has 0 radical (unpaired) electrons. The van der Waals surface area contributed by atoms with Gasteiger partial charge in [0.05, 0.1) is 19.0 Å². The van der Waals surface area contributed by atoms with E-state index in [1.54, 1.807) is 43.6 Å². The van der Waals surface area contributed by atoms with Crippen LogP contribution in [0.4, 0.5) is 5.69 Å². The predicted octanol–water partition coefficient (Wildman–Crippen LogP) is 3.12. The number of pyridine rings is 1. The van der Waals surface area contributed by atoms with Crippen molar-refractivity contribution in [1.82, 2.24) is 4.98 Å². The van der Waals surface area contributed by atoms with Gasteiger partial charge < -0.3 is 15.2 Å². The molecule has 0 amide bonds. The summed E-state index contributed by atoms with van der Waals surface area (Å²) in [5.74, 6) is 1.58. The van der Waals surface area contributed by atoms with Crippen LogP contribution < -0.4 is 15.2 Å². The van der Waals surface area contributed by atoms with E-state index in [0.717, 1.165) is 0 Å². The molecule has 17 heavy (non-hydrogen) atoms. The Labute approximate surface area is 104 Å². The van der Waals surface area contributed by atoms with Crippen molar-refractivity contribution in [3.8, 4) is 17.4 Å². The fourth-order valence-corrected chi connectivity index (χ4v) is 1.42. The number of hydrogen-bond donors (Lipinski definition) is 1. The average molecular weight is 251 g/mol. The molecule has 2 rings (SSSR count). The van der Waals surface area contributed by atoms with Crippen LogP contribution in [0.3, 0.4) is 0 Å². The Bertz CT molecular complexity index is 514. The summed E-state index contributed by atoms with van der Waals surface area (Å²) in [6.07, 6.45) is 1.57. The Morgan fingerprint density at radius 1 is 1.24 bits per heavy atom. The van der Waals surface area contributed by atoms with Crippen LogP contribution in [-0.4, -0.2) is 12.1 Å². The minimum absolute atomic E-state index is 0.430.